The first kappa shape index (κ1) is 14.6. The molecular formula is C15H23ClNO2+. The molecule has 1 aliphatic heterocycles. The molecule has 3 atom stereocenters. The molecule has 0 saturated carbocycles. The molecule has 0 radical (unpaired) electrons. The second kappa shape index (κ2) is 7.13. The Labute approximate surface area is 120 Å². The van der Waals surface area contributed by atoms with Gasteiger partial charge < -0.3 is 14.7 Å². The smallest absolute Gasteiger partial charge is 0.137 e. The van der Waals surface area contributed by atoms with Gasteiger partial charge in [-0.3, -0.25) is 0 Å². The van der Waals surface area contributed by atoms with Gasteiger partial charge in [0.1, 0.15) is 25.0 Å². The van der Waals surface area contributed by atoms with Gasteiger partial charge in [0.2, 0.25) is 0 Å². The van der Waals surface area contributed by atoms with Crippen LogP contribution in [0.4, 0.5) is 0 Å². The predicted molar refractivity (Wildman–Crippen MR) is 77.0 cm³/mol. The summed E-state index contributed by atoms with van der Waals surface area (Å²) in [5, 5.41) is 10.8. The van der Waals surface area contributed by atoms with Crippen LogP contribution in [0.5, 0.6) is 5.75 Å². The highest BCUT2D eigenvalue weighted by molar-refractivity contribution is 6.30. The van der Waals surface area contributed by atoms with Crippen molar-refractivity contribution in [1.82, 2.24) is 0 Å². The van der Waals surface area contributed by atoms with Gasteiger partial charge in [-0.2, -0.15) is 0 Å². The van der Waals surface area contributed by atoms with Gasteiger partial charge in [-0.1, -0.05) is 11.6 Å². The predicted octanol–water partition coefficient (Wildman–Crippen LogP) is 1.54. The largest absolute Gasteiger partial charge is 0.491 e. The highest BCUT2D eigenvalue weighted by Crippen LogP contribution is 2.15. The topological polar surface area (TPSA) is 33.9 Å². The average molecular weight is 285 g/mol. The lowest BCUT2D eigenvalue weighted by Gasteiger charge is -2.31. The fourth-order valence-electron chi connectivity index (χ4n) is 2.64. The molecule has 1 heterocycles. The summed E-state index contributed by atoms with van der Waals surface area (Å²) in [6.07, 6.45) is 3.44. The molecule has 0 spiro atoms. The van der Waals surface area contributed by atoms with E-state index in [1.165, 1.54) is 30.7 Å². The molecule has 106 valence electrons. The minimum atomic E-state index is -0.411. The zero-order chi connectivity index (χ0) is 13.7. The molecule has 1 unspecified atom stereocenters. The van der Waals surface area contributed by atoms with E-state index in [0.717, 1.165) is 12.3 Å². The zero-order valence-corrected chi connectivity index (χ0v) is 12.2. The van der Waals surface area contributed by atoms with Crippen LogP contribution < -0.4 is 9.64 Å². The van der Waals surface area contributed by atoms with Gasteiger partial charge in [-0.25, -0.2) is 0 Å². The van der Waals surface area contributed by atoms with Crippen LogP contribution in [0.25, 0.3) is 0 Å². The van der Waals surface area contributed by atoms with Gasteiger partial charge in [-0.15, -0.1) is 0 Å². The molecule has 0 aliphatic carbocycles. The number of halogens is 1. The van der Waals surface area contributed by atoms with Crippen molar-refractivity contribution in [3.63, 3.8) is 0 Å². The molecule has 0 bridgehead atoms. The van der Waals surface area contributed by atoms with Gasteiger partial charge >= 0.3 is 0 Å². The van der Waals surface area contributed by atoms with Gasteiger partial charge in [0.25, 0.3) is 0 Å². The highest BCUT2D eigenvalue weighted by atomic mass is 35.5. The minimum absolute atomic E-state index is 0.345. The number of aliphatic hydroxyl groups excluding tert-OH is 1. The summed E-state index contributed by atoms with van der Waals surface area (Å²) < 4.78 is 5.58. The fourth-order valence-corrected chi connectivity index (χ4v) is 2.77. The molecule has 1 aliphatic rings. The molecule has 1 fully saturated rings. The number of rotatable bonds is 5. The SMILES string of the molecule is C[C@H]1CCCC[NH+]1C[C@H](O)COc1ccc(Cl)cc1. The second-order valence-corrected chi connectivity index (χ2v) is 5.86. The quantitative estimate of drug-likeness (QED) is 0.860. The lowest BCUT2D eigenvalue weighted by atomic mass is 10.0. The number of hydrogen-bond acceptors (Lipinski definition) is 2. The molecule has 1 saturated heterocycles. The summed E-state index contributed by atoms with van der Waals surface area (Å²) in [7, 11) is 0. The molecule has 0 amide bonds. The maximum atomic E-state index is 10.1. The minimum Gasteiger partial charge on any atom is -0.491 e. The first-order valence-corrected chi connectivity index (χ1v) is 7.44. The van der Waals surface area contributed by atoms with Crippen molar-refractivity contribution in [3.05, 3.63) is 29.3 Å². The zero-order valence-electron chi connectivity index (χ0n) is 11.4. The molecule has 0 aromatic heterocycles. The summed E-state index contributed by atoms with van der Waals surface area (Å²) in [4.78, 5) is 1.50. The van der Waals surface area contributed by atoms with Crippen LogP contribution in [0, 0.1) is 0 Å². The summed E-state index contributed by atoms with van der Waals surface area (Å²) in [5.41, 5.74) is 0. The van der Waals surface area contributed by atoms with Crippen molar-refractivity contribution in [2.75, 3.05) is 19.7 Å². The third-order valence-corrected chi connectivity index (χ3v) is 4.09. The Kier molecular flexibility index (Phi) is 5.49. The van der Waals surface area contributed by atoms with Gasteiger partial charge in [-0.05, 0) is 50.5 Å². The van der Waals surface area contributed by atoms with Crippen LogP contribution >= 0.6 is 11.6 Å². The highest BCUT2D eigenvalue weighted by Gasteiger charge is 2.24. The number of aliphatic hydroxyl groups is 1. The molecule has 1 aromatic rings. The first-order chi connectivity index (χ1) is 9.15. The number of likely N-dealkylation sites (tertiary alicyclic amines) is 1. The van der Waals surface area contributed by atoms with Crippen LogP contribution in [-0.2, 0) is 0 Å². The Balaban J connectivity index is 1.74. The Bertz CT molecular complexity index is 382. The Morgan fingerprint density at radius 2 is 2.11 bits per heavy atom. The molecule has 4 heteroatoms. The van der Waals surface area contributed by atoms with Crippen molar-refractivity contribution in [2.24, 2.45) is 0 Å². The summed E-state index contributed by atoms with van der Waals surface area (Å²) >= 11 is 5.81. The van der Waals surface area contributed by atoms with Gasteiger partial charge in [0, 0.05) is 5.02 Å². The number of nitrogens with one attached hydrogen (secondary N) is 1. The van der Waals surface area contributed by atoms with Crippen molar-refractivity contribution in [3.8, 4) is 5.75 Å². The van der Waals surface area contributed by atoms with Crippen LogP contribution in [-0.4, -0.2) is 36.9 Å². The molecular weight excluding hydrogens is 262 g/mol. The van der Waals surface area contributed by atoms with Crippen LogP contribution in [0.1, 0.15) is 26.2 Å². The standard InChI is InChI=1S/C15H22ClNO2/c1-12-4-2-3-9-17(12)10-14(18)11-19-15-7-5-13(16)6-8-15/h5-8,12,14,18H,2-4,9-11H2,1H3/p+1/t12-,14-/m0/s1. The molecule has 2 rings (SSSR count). The Hall–Kier alpha value is -0.770. The molecule has 3 nitrogen and oxygen atoms in total. The number of hydrogen-bond donors (Lipinski definition) is 2. The monoisotopic (exact) mass is 284 g/mol. The summed E-state index contributed by atoms with van der Waals surface area (Å²) in [5.74, 6) is 0.755. The normalized spacial score (nSPS) is 25.0. The van der Waals surface area contributed by atoms with E-state index in [1.54, 1.807) is 12.1 Å². The van der Waals surface area contributed by atoms with E-state index in [9.17, 15) is 5.11 Å². The van der Waals surface area contributed by atoms with E-state index in [4.69, 9.17) is 16.3 Å². The van der Waals surface area contributed by atoms with E-state index in [0.29, 0.717) is 17.7 Å². The Morgan fingerprint density at radius 1 is 1.37 bits per heavy atom. The number of benzene rings is 1. The third kappa shape index (κ3) is 4.68. The molecule has 1 aromatic carbocycles. The lowest BCUT2D eigenvalue weighted by Crippen LogP contribution is -3.17. The van der Waals surface area contributed by atoms with Gasteiger partial charge in [0.05, 0.1) is 12.6 Å². The lowest BCUT2D eigenvalue weighted by molar-refractivity contribution is -0.931. The van der Waals surface area contributed by atoms with Crippen molar-refractivity contribution >= 4 is 11.6 Å². The van der Waals surface area contributed by atoms with E-state index >= 15 is 0 Å². The number of piperidine rings is 1. The van der Waals surface area contributed by atoms with E-state index in [2.05, 4.69) is 6.92 Å². The second-order valence-electron chi connectivity index (χ2n) is 5.43. The van der Waals surface area contributed by atoms with E-state index in [-0.39, 0.29) is 0 Å². The Morgan fingerprint density at radius 3 is 2.79 bits per heavy atom. The first-order valence-electron chi connectivity index (χ1n) is 7.06. The van der Waals surface area contributed by atoms with Crippen LogP contribution in [0.2, 0.25) is 5.02 Å². The molecule has 19 heavy (non-hydrogen) atoms. The average Bonchev–Trinajstić information content (AvgIpc) is 2.41. The molecule has 2 N–H and O–H groups in total. The van der Waals surface area contributed by atoms with Crippen LogP contribution in [0.15, 0.2) is 24.3 Å². The maximum Gasteiger partial charge on any atom is 0.137 e. The maximum absolute atomic E-state index is 10.1. The van der Waals surface area contributed by atoms with Gasteiger partial charge in [0.15, 0.2) is 0 Å². The van der Waals surface area contributed by atoms with Crippen molar-refractivity contribution in [1.29, 1.82) is 0 Å². The summed E-state index contributed by atoms with van der Waals surface area (Å²) in [6, 6.07) is 7.89. The summed E-state index contributed by atoms with van der Waals surface area (Å²) in [6.45, 7) is 4.55. The third-order valence-electron chi connectivity index (χ3n) is 3.84. The number of ether oxygens (including phenoxy) is 1. The van der Waals surface area contributed by atoms with Crippen molar-refractivity contribution < 1.29 is 14.7 Å². The van der Waals surface area contributed by atoms with E-state index in [1.807, 2.05) is 12.1 Å². The van der Waals surface area contributed by atoms with E-state index < -0.39 is 6.10 Å². The number of quaternary nitrogens is 1. The fraction of sp³-hybridized carbons (Fsp3) is 0.600. The van der Waals surface area contributed by atoms with Crippen LogP contribution in [0.3, 0.4) is 0 Å². The van der Waals surface area contributed by atoms with Crippen molar-refractivity contribution in [2.45, 2.75) is 38.3 Å².